The van der Waals surface area contributed by atoms with Gasteiger partial charge >= 0.3 is 5.97 Å². The van der Waals surface area contributed by atoms with Crippen LogP contribution in [0.1, 0.15) is 52.4 Å². The third-order valence-electron chi connectivity index (χ3n) is 6.40. The van der Waals surface area contributed by atoms with Crippen molar-refractivity contribution in [3.8, 4) is 0 Å². The Labute approximate surface area is 184 Å². The van der Waals surface area contributed by atoms with E-state index in [1.165, 1.54) is 4.90 Å². The van der Waals surface area contributed by atoms with Gasteiger partial charge in [0.25, 0.3) is 0 Å². The second-order valence-corrected chi connectivity index (χ2v) is 8.48. The van der Waals surface area contributed by atoms with Crippen molar-refractivity contribution in [2.45, 2.75) is 52.4 Å². The maximum atomic E-state index is 12.7. The summed E-state index contributed by atoms with van der Waals surface area (Å²) in [4.78, 5) is 42.8. The molecular formula is C23H36N4O4. The highest BCUT2D eigenvalue weighted by Crippen LogP contribution is 2.52. The number of fused-ring (bicyclic) bond motifs is 5. The second-order valence-electron chi connectivity index (χ2n) is 8.48. The SMILES string of the molecule is CCNC(=NCCCCCCC(=O)OCC)NCCN1C(=O)C2C3C=CC(C3)C2C1=O. The van der Waals surface area contributed by atoms with E-state index < -0.39 is 0 Å². The number of carbonyl (C=O) groups is 3. The lowest BCUT2D eigenvalue weighted by Gasteiger charge is -2.18. The highest BCUT2D eigenvalue weighted by Gasteiger charge is 2.58. The van der Waals surface area contributed by atoms with E-state index in [2.05, 4.69) is 27.8 Å². The molecule has 4 unspecified atom stereocenters. The number of aliphatic imine (C=N–C) groups is 1. The number of hydrogen-bond acceptors (Lipinski definition) is 5. The molecule has 4 atom stereocenters. The average molecular weight is 433 g/mol. The van der Waals surface area contributed by atoms with Gasteiger partial charge in [-0.1, -0.05) is 25.0 Å². The van der Waals surface area contributed by atoms with E-state index in [1.807, 2.05) is 13.8 Å². The summed E-state index contributed by atoms with van der Waals surface area (Å²) in [6.45, 7) is 6.56. The molecule has 1 saturated carbocycles. The molecule has 2 aliphatic carbocycles. The molecule has 1 saturated heterocycles. The van der Waals surface area contributed by atoms with E-state index in [1.54, 1.807) is 0 Å². The summed E-state index contributed by atoms with van der Waals surface area (Å²) >= 11 is 0. The standard InChI is InChI=1S/C23H36N4O4/c1-3-24-23(25-12-8-6-5-7-9-18(28)31-4-2)26-13-14-27-21(29)19-16-10-11-17(15-16)20(19)22(27)30/h10-11,16-17,19-20H,3-9,12-15H2,1-2H3,(H2,24,25,26). The Balaban J connectivity index is 1.34. The summed E-state index contributed by atoms with van der Waals surface area (Å²) in [6.07, 6.45) is 9.46. The van der Waals surface area contributed by atoms with Crippen LogP contribution in [0.15, 0.2) is 17.1 Å². The lowest BCUT2D eigenvalue weighted by molar-refractivity contribution is -0.143. The number of likely N-dealkylation sites (tertiary alicyclic amines) is 1. The van der Waals surface area contributed by atoms with Gasteiger partial charge in [0.1, 0.15) is 0 Å². The molecule has 0 spiro atoms. The predicted molar refractivity (Wildman–Crippen MR) is 118 cm³/mol. The van der Waals surface area contributed by atoms with Crippen molar-refractivity contribution in [2.24, 2.45) is 28.7 Å². The minimum atomic E-state index is -0.131. The Morgan fingerprint density at radius 1 is 1.06 bits per heavy atom. The van der Waals surface area contributed by atoms with Gasteiger partial charge in [0.05, 0.1) is 18.4 Å². The number of nitrogens with zero attached hydrogens (tertiary/aromatic N) is 2. The fraction of sp³-hybridized carbons (Fsp3) is 0.739. The van der Waals surface area contributed by atoms with E-state index in [4.69, 9.17) is 4.74 Å². The molecular weight excluding hydrogens is 396 g/mol. The van der Waals surface area contributed by atoms with E-state index in [0.717, 1.165) is 38.6 Å². The van der Waals surface area contributed by atoms with Crippen LogP contribution in [0.5, 0.6) is 0 Å². The molecule has 0 aromatic heterocycles. The van der Waals surface area contributed by atoms with Crippen molar-refractivity contribution >= 4 is 23.7 Å². The van der Waals surface area contributed by atoms with Crippen molar-refractivity contribution < 1.29 is 19.1 Å². The second kappa shape index (κ2) is 11.3. The number of ether oxygens (including phenoxy) is 1. The van der Waals surface area contributed by atoms with Gasteiger partial charge in [-0.25, -0.2) is 0 Å². The highest BCUT2D eigenvalue weighted by atomic mass is 16.5. The Morgan fingerprint density at radius 2 is 1.74 bits per heavy atom. The summed E-state index contributed by atoms with van der Waals surface area (Å²) < 4.78 is 4.92. The largest absolute Gasteiger partial charge is 0.466 e. The Morgan fingerprint density at radius 3 is 2.39 bits per heavy atom. The number of unbranched alkanes of at least 4 members (excludes halogenated alkanes) is 3. The maximum Gasteiger partial charge on any atom is 0.305 e. The monoisotopic (exact) mass is 432 g/mol. The normalized spacial score (nSPS) is 26.5. The quantitative estimate of drug-likeness (QED) is 0.122. The summed E-state index contributed by atoms with van der Waals surface area (Å²) in [5.41, 5.74) is 0. The molecule has 2 bridgehead atoms. The number of rotatable bonds is 12. The maximum absolute atomic E-state index is 12.7. The van der Waals surface area contributed by atoms with Crippen LogP contribution in [0.3, 0.4) is 0 Å². The topological polar surface area (TPSA) is 100 Å². The van der Waals surface area contributed by atoms with Crippen LogP contribution >= 0.6 is 0 Å². The van der Waals surface area contributed by atoms with Crippen LogP contribution < -0.4 is 10.6 Å². The fourth-order valence-corrected chi connectivity index (χ4v) is 4.97. The molecule has 2 N–H and O–H groups in total. The van der Waals surface area contributed by atoms with Gasteiger partial charge in [0, 0.05) is 32.6 Å². The zero-order chi connectivity index (χ0) is 22.2. The molecule has 1 aliphatic heterocycles. The van der Waals surface area contributed by atoms with Crippen LogP contribution in [0.2, 0.25) is 0 Å². The number of nitrogens with one attached hydrogen (secondary N) is 2. The summed E-state index contributed by atoms with van der Waals surface area (Å²) in [5.74, 6) is 0.816. The Kier molecular flexibility index (Phi) is 8.49. The number of guanidine groups is 1. The third-order valence-corrected chi connectivity index (χ3v) is 6.40. The van der Waals surface area contributed by atoms with Gasteiger partial charge in [0.15, 0.2) is 5.96 Å². The van der Waals surface area contributed by atoms with Crippen molar-refractivity contribution in [1.29, 1.82) is 0 Å². The van der Waals surface area contributed by atoms with Crippen molar-refractivity contribution in [1.82, 2.24) is 15.5 Å². The number of amides is 2. The predicted octanol–water partition coefficient (Wildman–Crippen LogP) is 1.86. The molecule has 8 nitrogen and oxygen atoms in total. The van der Waals surface area contributed by atoms with Gasteiger partial charge in [-0.05, 0) is 44.9 Å². The Bertz CT molecular complexity index is 690. The molecule has 0 radical (unpaired) electrons. The molecule has 3 aliphatic rings. The molecule has 8 heteroatoms. The molecule has 2 amide bonds. The fourth-order valence-electron chi connectivity index (χ4n) is 4.97. The Hall–Kier alpha value is -2.38. The van der Waals surface area contributed by atoms with Crippen LogP contribution in [0, 0.1) is 23.7 Å². The summed E-state index contributed by atoms with van der Waals surface area (Å²) in [5, 5.41) is 6.44. The molecule has 0 aromatic rings. The first kappa shape index (κ1) is 23.3. The van der Waals surface area contributed by atoms with Gasteiger partial charge in [0.2, 0.25) is 11.8 Å². The smallest absolute Gasteiger partial charge is 0.305 e. The number of carbonyl (C=O) groups excluding carboxylic acids is 3. The lowest BCUT2D eigenvalue weighted by atomic mass is 9.85. The first-order chi connectivity index (χ1) is 15.1. The number of allylic oxidation sites excluding steroid dienone is 2. The summed E-state index contributed by atoms with van der Waals surface area (Å²) in [7, 11) is 0. The third kappa shape index (κ3) is 5.66. The van der Waals surface area contributed by atoms with E-state index in [0.29, 0.717) is 38.6 Å². The van der Waals surface area contributed by atoms with Crippen LogP contribution in [-0.2, 0) is 19.1 Å². The van der Waals surface area contributed by atoms with Gasteiger partial charge in [-0.2, -0.15) is 0 Å². The molecule has 2 fully saturated rings. The molecule has 172 valence electrons. The molecule has 31 heavy (non-hydrogen) atoms. The lowest BCUT2D eigenvalue weighted by Crippen LogP contribution is -2.43. The van der Waals surface area contributed by atoms with Gasteiger partial charge in [-0.15, -0.1) is 0 Å². The molecule has 0 aromatic carbocycles. The number of imide groups is 1. The van der Waals surface area contributed by atoms with Gasteiger partial charge < -0.3 is 15.4 Å². The molecule has 1 heterocycles. The van der Waals surface area contributed by atoms with E-state index >= 15 is 0 Å². The first-order valence-electron chi connectivity index (χ1n) is 11.8. The average Bonchev–Trinajstić information content (AvgIpc) is 3.43. The number of esters is 1. The summed E-state index contributed by atoms with van der Waals surface area (Å²) in [6, 6.07) is 0. The zero-order valence-corrected chi connectivity index (χ0v) is 18.8. The molecule has 3 rings (SSSR count). The zero-order valence-electron chi connectivity index (χ0n) is 18.8. The van der Waals surface area contributed by atoms with Gasteiger partial charge in [-0.3, -0.25) is 24.3 Å². The van der Waals surface area contributed by atoms with Crippen molar-refractivity contribution in [3.63, 3.8) is 0 Å². The van der Waals surface area contributed by atoms with E-state index in [9.17, 15) is 14.4 Å². The van der Waals surface area contributed by atoms with Crippen LogP contribution in [0.4, 0.5) is 0 Å². The first-order valence-corrected chi connectivity index (χ1v) is 11.8. The minimum absolute atomic E-state index is 0.00147. The van der Waals surface area contributed by atoms with E-state index in [-0.39, 0.29) is 41.5 Å². The van der Waals surface area contributed by atoms with Crippen LogP contribution in [0.25, 0.3) is 0 Å². The van der Waals surface area contributed by atoms with Crippen molar-refractivity contribution in [3.05, 3.63) is 12.2 Å². The highest BCUT2D eigenvalue weighted by molar-refractivity contribution is 6.06. The number of hydrogen-bond donors (Lipinski definition) is 2. The van der Waals surface area contributed by atoms with Crippen molar-refractivity contribution in [2.75, 3.05) is 32.8 Å². The minimum Gasteiger partial charge on any atom is -0.466 e. The van der Waals surface area contributed by atoms with Crippen LogP contribution in [-0.4, -0.2) is 61.4 Å².